The quantitative estimate of drug-likeness (QED) is 0.420. The molecule has 0 N–H and O–H groups in total. The summed E-state index contributed by atoms with van der Waals surface area (Å²) in [6, 6.07) is 7.01. The molecule has 1 rings (SSSR count). The van der Waals surface area contributed by atoms with Crippen LogP contribution in [-0.4, -0.2) is 0 Å². The molecule has 1 aromatic carbocycles. The van der Waals surface area contributed by atoms with Gasteiger partial charge in [0, 0.05) is 4.47 Å². The lowest BCUT2D eigenvalue weighted by Crippen LogP contribution is -1.91. The van der Waals surface area contributed by atoms with E-state index in [9.17, 15) is 0 Å². The molecule has 0 spiro atoms. The second kappa shape index (κ2) is 10.5. The van der Waals surface area contributed by atoms with E-state index < -0.39 is 0 Å². The zero-order chi connectivity index (χ0) is 13.9. The van der Waals surface area contributed by atoms with Crippen LogP contribution in [-0.2, 0) is 12.8 Å². The van der Waals surface area contributed by atoms with E-state index in [1.807, 2.05) is 0 Å². The Balaban J connectivity index is 2.41. The number of hydrogen-bond donors (Lipinski definition) is 0. The van der Waals surface area contributed by atoms with Gasteiger partial charge in [0.05, 0.1) is 0 Å². The average Bonchev–Trinajstić information content (AvgIpc) is 2.39. The summed E-state index contributed by atoms with van der Waals surface area (Å²) in [5.41, 5.74) is 3.02. The first kappa shape index (κ1) is 16.8. The van der Waals surface area contributed by atoms with Crippen molar-refractivity contribution >= 4 is 15.9 Å². The summed E-state index contributed by atoms with van der Waals surface area (Å²) in [6.07, 6.45) is 13.3. The molecule has 0 saturated heterocycles. The van der Waals surface area contributed by atoms with Gasteiger partial charge in [0.25, 0.3) is 0 Å². The topological polar surface area (TPSA) is 0 Å². The Morgan fingerprint density at radius 1 is 0.684 bits per heavy atom. The van der Waals surface area contributed by atoms with E-state index in [1.165, 1.54) is 79.8 Å². The van der Waals surface area contributed by atoms with Crippen molar-refractivity contribution in [1.29, 1.82) is 0 Å². The van der Waals surface area contributed by atoms with E-state index in [1.54, 1.807) is 0 Å². The molecule has 0 unspecified atom stereocenters. The molecule has 19 heavy (non-hydrogen) atoms. The molecule has 0 nitrogen and oxygen atoms in total. The normalized spacial score (nSPS) is 10.9. The molecule has 0 aliphatic rings. The molecule has 0 saturated carbocycles. The molecule has 0 aliphatic heterocycles. The average molecular weight is 325 g/mol. The van der Waals surface area contributed by atoms with Crippen LogP contribution in [0.1, 0.15) is 76.3 Å². The highest BCUT2D eigenvalue weighted by Crippen LogP contribution is 2.20. The summed E-state index contributed by atoms with van der Waals surface area (Å²) in [5.74, 6) is 0. The lowest BCUT2D eigenvalue weighted by atomic mass is 10.0. The molecule has 1 aromatic rings. The molecule has 0 aliphatic carbocycles. The maximum absolute atomic E-state index is 3.66. The fourth-order valence-corrected chi connectivity index (χ4v) is 3.11. The van der Waals surface area contributed by atoms with Gasteiger partial charge in [-0.25, -0.2) is 0 Å². The molecule has 0 bridgehead atoms. The third-order valence-electron chi connectivity index (χ3n) is 3.66. The van der Waals surface area contributed by atoms with Gasteiger partial charge >= 0.3 is 0 Å². The van der Waals surface area contributed by atoms with Crippen LogP contribution in [0.2, 0.25) is 0 Å². The standard InChI is InChI=1S/C18H29Br/c1-3-5-7-9-11-16-13-17(15-18(19)14-16)12-10-8-6-4-2/h13-15H,3-12H2,1-2H3. The van der Waals surface area contributed by atoms with Gasteiger partial charge in [-0.3, -0.25) is 0 Å². The molecule has 0 aromatic heterocycles. The predicted molar refractivity (Wildman–Crippen MR) is 89.8 cm³/mol. The van der Waals surface area contributed by atoms with Crippen LogP contribution < -0.4 is 0 Å². The fraction of sp³-hybridized carbons (Fsp3) is 0.667. The summed E-state index contributed by atoms with van der Waals surface area (Å²) >= 11 is 3.66. The van der Waals surface area contributed by atoms with Crippen LogP contribution in [0.3, 0.4) is 0 Å². The van der Waals surface area contributed by atoms with Gasteiger partial charge in [0.15, 0.2) is 0 Å². The smallest absolute Gasteiger partial charge is 0.0180 e. The Labute approximate surface area is 128 Å². The lowest BCUT2D eigenvalue weighted by Gasteiger charge is -2.07. The lowest BCUT2D eigenvalue weighted by molar-refractivity contribution is 0.661. The van der Waals surface area contributed by atoms with Gasteiger partial charge in [0.2, 0.25) is 0 Å². The van der Waals surface area contributed by atoms with Gasteiger partial charge < -0.3 is 0 Å². The Bertz CT molecular complexity index is 313. The van der Waals surface area contributed by atoms with Gasteiger partial charge in [-0.15, -0.1) is 0 Å². The predicted octanol–water partition coefficient (Wildman–Crippen LogP) is 6.69. The monoisotopic (exact) mass is 324 g/mol. The maximum atomic E-state index is 3.66. The van der Waals surface area contributed by atoms with E-state index in [4.69, 9.17) is 0 Å². The highest BCUT2D eigenvalue weighted by Gasteiger charge is 2.00. The molecule has 0 radical (unpaired) electrons. The zero-order valence-corrected chi connectivity index (χ0v) is 14.3. The molecule has 0 heterocycles. The first-order valence-electron chi connectivity index (χ1n) is 8.04. The van der Waals surface area contributed by atoms with Gasteiger partial charge in [-0.2, -0.15) is 0 Å². The maximum Gasteiger partial charge on any atom is 0.0180 e. The van der Waals surface area contributed by atoms with Crippen molar-refractivity contribution in [3.63, 3.8) is 0 Å². The molecule has 0 fully saturated rings. The Morgan fingerprint density at radius 2 is 1.16 bits per heavy atom. The largest absolute Gasteiger partial charge is 0.0654 e. The minimum absolute atomic E-state index is 1.24. The number of unbranched alkanes of at least 4 members (excludes halogenated alkanes) is 6. The Hall–Kier alpha value is -0.300. The zero-order valence-electron chi connectivity index (χ0n) is 12.7. The minimum atomic E-state index is 1.24. The van der Waals surface area contributed by atoms with Crippen molar-refractivity contribution < 1.29 is 0 Å². The van der Waals surface area contributed by atoms with Crippen LogP contribution in [0.15, 0.2) is 22.7 Å². The fourth-order valence-electron chi connectivity index (χ4n) is 2.52. The summed E-state index contributed by atoms with van der Waals surface area (Å²) in [7, 11) is 0. The van der Waals surface area contributed by atoms with Crippen LogP contribution in [0.4, 0.5) is 0 Å². The summed E-state index contributed by atoms with van der Waals surface area (Å²) in [5, 5.41) is 0. The molecular formula is C18H29Br. The number of hydrogen-bond acceptors (Lipinski definition) is 0. The van der Waals surface area contributed by atoms with Crippen molar-refractivity contribution in [3.05, 3.63) is 33.8 Å². The molecule has 0 atom stereocenters. The number of rotatable bonds is 10. The summed E-state index contributed by atoms with van der Waals surface area (Å²) in [6.45, 7) is 4.54. The molecule has 1 heteroatoms. The summed E-state index contributed by atoms with van der Waals surface area (Å²) < 4.78 is 1.26. The third kappa shape index (κ3) is 7.77. The number of aryl methyl sites for hydroxylation is 2. The highest BCUT2D eigenvalue weighted by atomic mass is 79.9. The highest BCUT2D eigenvalue weighted by molar-refractivity contribution is 9.10. The van der Waals surface area contributed by atoms with Crippen LogP contribution in [0, 0.1) is 0 Å². The van der Waals surface area contributed by atoms with Crippen LogP contribution in [0.5, 0.6) is 0 Å². The number of benzene rings is 1. The second-order valence-electron chi connectivity index (χ2n) is 5.59. The van der Waals surface area contributed by atoms with Crippen molar-refractivity contribution in [2.24, 2.45) is 0 Å². The van der Waals surface area contributed by atoms with E-state index in [2.05, 4.69) is 48.0 Å². The van der Waals surface area contributed by atoms with E-state index in [0.29, 0.717) is 0 Å². The van der Waals surface area contributed by atoms with Crippen molar-refractivity contribution in [1.82, 2.24) is 0 Å². The van der Waals surface area contributed by atoms with E-state index >= 15 is 0 Å². The van der Waals surface area contributed by atoms with Crippen LogP contribution in [0.25, 0.3) is 0 Å². The van der Waals surface area contributed by atoms with Gasteiger partial charge in [0.1, 0.15) is 0 Å². The van der Waals surface area contributed by atoms with Crippen molar-refractivity contribution in [3.8, 4) is 0 Å². The van der Waals surface area contributed by atoms with E-state index in [-0.39, 0.29) is 0 Å². The Morgan fingerprint density at radius 3 is 1.58 bits per heavy atom. The first-order chi connectivity index (χ1) is 9.26. The van der Waals surface area contributed by atoms with Crippen molar-refractivity contribution in [2.45, 2.75) is 78.1 Å². The SMILES string of the molecule is CCCCCCc1cc(Br)cc(CCCCCC)c1. The van der Waals surface area contributed by atoms with Crippen molar-refractivity contribution in [2.75, 3.05) is 0 Å². The second-order valence-corrected chi connectivity index (χ2v) is 6.50. The molecule has 0 amide bonds. The number of halogens is 1. The Kier molecular flexibility index (Phi) is 9.24. The van der Waals surface area contributed by atoms with E-state index in [0.717, 1.165) is 0 Å². The third-order valence-corrected chi connectivity index (χ3v) is 4.11. The van der Waals surface area contributed by atoms with Crippen LogP contribution >= 0.6 is 15.9 Å². The molecule has 108 valence electrons. The molecular weight excluding hydrogens is 296 g/mol. The first-order valence-corrected chi connectivity index (χ1v) is 8.84. The van der Waals surface area contributed by atoms with Gasteiger partial charge in [-0.1, -0.05) is 74.4 Å². The van der Waals surface area contributed by atoms with Gasteiger partial charge in [-0.05, 0) is 48.9 Å². The minimum Gasteiger partial charge on any atom is -0.0654 e. The summed E-state index contributed by atoms with van der Waals surface area (Å²) in [4.78, 5) is 0.